The Morgan fingerprint density at radius 1 is 1.29 bits per heavy atom. The zero-order valence-corrected chi connectivity index (χ0v) is 15.4. The minimum absolute atomic E-state index is 0.233. The van der Waals surface area contributed by atoms with Crippen molar-refractivity contribution in [3.63, 3.8) is 0 Å². The fourth-order valence-electron chi connectivity index (χ4n) is 6.87. The van der Waals surface area contributed by atoms with Crippen LogP contribution in [-0.2, 0) is 0 Å². The summed E-state index contributed by atoms with van der Waals surface area (Å²) in [5.41, 5.74) is 2.87. The molecule has 4 rings (SSSR count). The van der Waals surface area contributed by atoms with Gasteiger partial charge in [-0.05, 0) is 79.8 Å². The number of fused-ring (bicyclic) bond motifs is 5. The van der Waals surface area contributed by atoms with Gasteiger partial charge in [0, 0.05) is 5.41 Å². The van der Waals surface area contributed by atoms with Gasteiger partial charge in [0.05, 0.1) is 0 Å². The van der Waals surface area contributed by atoms with Crippen LogP contribution in [0.3, 0.4) is 0 Å². The molecule has 0 aromatic heterocycles. The molecule has 6 atom stereocenters. The van der Waals surface area contributed by atoms with E-state index in [2.05, 4.69) is 45.4 Å². The molecule has 1 heteroatoms. The standard InChI is InChI=1S/C23H30O/c1-6-23(24)16(3)14-20-17-13-15(2)18-9-7-8-11-21(18,4)19(17)10-12-22(20,23)5/h1,9,13,17,19-20,24H,3,7-8,10-12,14H2,2,4-5H3/t17-,19+,20+,21+,22+,23+/m1/s1. The Labute approximate surface area is 146 Å². The second-order valence-electron chi connectivity index (χ2n) is 9.19. The molecule has 0 aliphatic heterocycles. The quantitative estimate of drug-likeness (QED) is 0.489. The maximum atomic E-state index is 11.2. The number of rotatable bonds is 0. The lowest BCUT2D eigenvalue weighted by atomic mass is 9.47. The van der Waals surface area contributed by atoms with Crippen molar-refractivity contribution in [2.24, 2.45) is 28.6 Å². The van der Waals surface area contributed by atoms with Crippen molar-refractivity contribution < 1.29 is 5.11 Å². The van der Waals surface area contributed by atoms with Crippen molar-refractivity contribution in [2.75, 3.05) is 0 Å². The van der Waals surface area contributed by atoms with Crippen LogP contribution in [0, 0.1) is 40.9 Å². The third-order valence-electron chi connectivity index (χ3n) is 8.29. The SMILES string of the molecule is C#C[C@]1(O)C(=C)C[C@H]2[C@@H]3C=C(C)C4=CCCC[C@]4(C)[C@H]3CC[C@@]21C. The Balaban J connectivity index is 1.83. The molecule has 0 radical (unpaired) electrons. The molecule has 4 aliphatic carbocycles. The first-order chi connectivity index (χ1) is 11.3. The van der Waals surface area contributed by atoms with E-state index in [-0.39, 0.29) is 5.41 Å². The maximum absolute atomic E-state index is 11.2. The van der Waals surface area contributed by atoms with Gasteiger partial charge in [-0.2, -0.15) is 0 Å². The van der Waals surface area contributed by atoms with Crippen molar-refractivity contribution >= 4 is 0 Å². The van der Waals surface area contributed by atoms with E-state index in [9.17, 15) is 5.11 Å². The van der Waals surface area contributed by atoms with Gasteiger partial charge in [-0.3, -0.25) is 0 Å². The summed E-state index contributed by atoms with van der Waals surface area (Å²) in [6.07, 6.45) is 17.7. The maximum Gasteiger partial charge on any atom is 0.152 e. The Kier molecular flexibility index (Phi) is 3.30. The van der Waals surface area contributed by atoms with Crippen LogP contribution in [0.1, 0.15) is 59.3 Å². The molecule has 0 bridgehead atoms. The zero-order valence-electron chi connectivity index (χ0n) is 15.4. The van der Waals surface area contributed by atoms with Crippen LogP contribution in [0.4, 0.5) is 0 Å². The number of allylic oxidation sites excluding steroid dienone is 4. The summed E-state index contributed by atoms with van der Waals surface area (Å²) in [7, 11) is 0. The van der Waals surface area contributed by atoms with E-state index < -0.39 is 5.60 Å². The first-order valence-corrected chi connectivity index (χ1v) is 9.56. The fourth-order valence-corrected chi connectivity index (χ4v) is 6.87. The summed E-state index contributed by atoms with van der Waals surface area (Å²) >= 11 is 0. The van der Waals surface area contributed by atoms with Gasteiger partial charge >= 0.3 is 0 Å². The van der Waals surface area contributed by atoms with Gasteiger partial charge < -0.3 is 5.11 Å². The fraction of sp³-hybridized carbons (Fsp3) is 0.652. The molecule has 0 saturated heterocycles. The first kappa shape index (κ1) is 16.2. The van der Waals surface area contributed by atoms with E-state index in [1.807, 2.05) is 0 Å². The van der Waals surface area contributed by atoms with Crippen LogP contribution in [0.2, 0.25) is 0 Å². The van der Waals surface area contributed by atoms with E-state index in [0.717, 1.165) is 24.8 Å². The van der Waals surface area contributed by atoms with Crippen LogP contribution in [0.5, 0.6) is 0 Å². The highest BCUT2D eigenvalue weighted by atomic mass is 16.3. The Bertz CT molecular complexity index is 704. The highest BCUT2D eigenvalue weighted by Gasteiger charge is 2.64. The second kappa shape index (κ2) is 4.89. The van der Waals surface area contributed by atoms with Gasteiger partial charge in [-0.15, -0.1) is 6.42 Å². The Hall–Kier alpha value is -1.26. The van der Waals surface area contributed by atoms with E-state index in [1.54, 1.807) is 5.57 Å². The van der Waals surface area contributed by atoms with E-state index in [1.165, 1.54) is 24.8 Å². The molecular weight excluding hydrogens is 292 g/mol. The molecule has 2 fully saturated rings. The average Bonchev–Trinajstić information content (AvgIpc) is 2.76. The second-order valence-corrected chi connectivity index (χ2v) is 9.19. The van der Waals surface area contributed by atoms with E-state index >= 15 is 0 Å². The highest BCUT2D eigenvalue weighted by molar-refractivity contribution is 5.45. The molecule has 1 N–H and O–H groups in total. The van der Waals surface area contributed by atoms with Gasteiger partial charge in [0.15, 0.2) is 5.60 Å². The zero-order chi connectivity index (χ0) is 17.3. The molecule has 2 saturated carbocycles. The molecule has 0 heterocycles. The minimum Gasteiger partial charge on any atom is -0.373 e. The van der Waals surface area contributed by atoms with Crippen LogP contribution in [-0.4, -0.2) is 10.7 Å². The molecule has 4 aliphatic rings. The van der Waals surface area contributed by atoms with Crippen LogP contribution >= 0.6 is 0 Å². The molecule has 0 aromatic carbocycles. The minimum atomic E-state index is -1.13. The predicted octanol–water partition coefficient (Wildman–Crippen LogP) is 5.04. The van der Waals surface area contributed by atoms with Crippen LogP contribution in [0.25, 0.3) is 0 Å². The van der Waals surface area contributed by atoms with Crippen LogP contribution < -0.4 is 0 Å². The van der Waals surface area contributed by atoms with Crippen molar-refractivity contribution in [2.45, 2.75) is 64.9 Å². The van der Waals surface area contributed by atoms with Gasteiger partial charge in [0.1, 0.15) is 0 Å². The Morgan fingerprint density at radius 3 is 2.75 bits per heavy atom. The topological polar surface area (TPSA) is 20.2 Å². The van der Waals surface area contributed by atoms with Crippen LogP contribution in [0.15, 0.2) is 35.5 Å². The summed E-state index contributed by atoms with van der Waals surface area (Å²) in [5.74, 6) is 4.34. The van der Waals surface area contributed by atoms with Crippen molar-refractivity contribution in [3.05, 3.63) is 35.5 Å². The van der Waals surface area contributed by atoms with Gasteiger partial charge in [0.2, 0.25) is 0 Å². The lowest BCUT2D eigenvalue weighted by molar-refractivity contribution is -0.0726. The third kappa shape index (κ3) is 1.71. The molecule has 128 valence electrons. The molecular formula is C23H30O. The van der Waals surface area contributed by atoms with E-state index in [0.29, 0.717) is 23.2 Å². The summed E-state index contributed by atoms with van der Waals surface area (Å²) in [6.45, 7) is 11.2. The summed E-state index contributed by atoms with van der Waals surface area (Å²) < 4.78 is 0. The molecule has 1 nitrogen and oxygen atoms in total. The summed E-state index contributed by atoms with van der Waals surface area (Å²) in [4.78, 5) is 0. The van der Waals surface area contributed by atoms with Crippen molar-refractivity contribution in [1.29, 1.82) is 0 Å². The monoisotopic (exact) mass is 322 g/mol. The molecule has 0 spiro atoms. The van der Waals surface area contributed by atoms with Gasteiger partial charge in [-0.25, -0.2) is 0 Å². The van der Waals surface area contributed by atoms with E-state index in [4.69, 9.17) is 6.42 Å². The third-order valence-corrected chi connectivity index (χ3v) is 8.29. The number of terminal acetylenes is 1. The molecule has 0 unspecified atom stereocenters. The first-order valence-electron chi connectivity index (χ1n) is 9.56. The Morgan fingerprint density at radius 2 is 2.04 bits per heavy atom. The lowest BCUT2D eigenvalue weighted by Gasteiger charge is -2.57. The largest absolute Gasteiger partial charge is 0.373 e. The smallest absolute Gasteiger partial charge is 0.152 e. The molecule has 0 amide bonds. The molecule has 0 aromatic rings. The summed E-state index contributed by atoms with van der Waals surface area (Å²) in [5, 5.41) is 11.2. The lowest BCUT2D eigenvalue weighted by Crippen LogP contribution is -2.53. The van der Waals surface area contributed by atoms with Gasteiger partial charge in [-0.1, -0.05) is 44.1 Å². The van der Waals surface area contributed by atoms with Gasteiger partial charge in [0.25, 0.3) is 0 Å². The normalized spacial score (nSPS) is 50.1. The summed E-state index contributed by atoms with van der Waals surface area (Å²) in [6, 6.07) is 0. The molecule has 24 heavy (non-hydrogen) atoms. The van der Waals surface area contributed by atoms with Crippen molar-refractivity contribution in [1.82, 2.24) is 0 Å². The number of hydrogen-bond acceptors (Lipinski definition) is 1. The number of aliphatic hydroxyl groups is 1. The average molecular weight is 322 g/mol. The highest BCUT2D eigenvalue weighted by Crippen LogP contribution is 2.67. The van der Waals surface area contributed by atoms with Crippen molar-refractivity contribution in [3.8, 4) is 12.3 Å². The number of hydrogen-bond donors (Lipinski definition) is 1. The predicted molar refractivity (Wildman–Crippen MR) is 99.1 cm³/mol.